The summed E-state index contributed by atoms with van der Waals surface area (Å²) in [5.74, 6) is 0.784. The molecule has 8 nitrogen and oxygen atoms in total. The van der Waals surface area contributed by atoms with Gasteiger partial charge in [-0.1, -0.05) is 86.6 Å². The van der Waals surface area contributed by atoms with E-state index in [-0.39, 0.29) is 24.2 Å². The number of Topliss-reactive ketones (excluding diaryl/α,β-unsaturated/α-hetero) is 1. The molecule has 4 aromatic carbocycles. The number of carbonyl (C=O) groups is 3. The van der Waals surface area contributed by atoms with E-state index in [1.807, 2.05) is 74.5 Å². The molecule has 0 saturated carbocycles. The van der Waals surface area contributed by atoms with Crippen LogP contribution in [0, 0.1) is 12.8 Å². The lowest BCUT2D eigenvalue weighted by atomic mass is 9.99. The molecule has 1 N–H and O–H groups in total. The summed E-state index contributed by atoms with van der Waals surface area (Å²) in [7, 11) is 0. The molecule has 5 rings (SSSR count). The van der Waals surface area contributed by atoms with Gasteiger partial charge in [0.1, 0.15) is 17.2 Å². The number of aryl methyl sites for hydroxylation is 2. The number of para-hydroxylation sites is 1. The highest BCUT2D eigenvalue weighted by atomic mass is 16.7. The van der Waals surface area contributed by atoms with Crippen LogP contribution in [0.2, 0.25) is 0 Å². The van der Waals surface area contributed by atoms with Crippen molar-refractivity contribution in [2.75, 3.05) is 6.54 Å². The molecule has 48 heavy (non-hydrogen) atoms. The Morgan fingerprint density at radius 3 is 2.27 bits per heavy atom. The normalized spacial score (nSPS) is 12.0. The summed E-state index contributed by atoms with van der Waals surface area (Å²) in [4.78, 5) is 43.5. The molecule has 1 unspecified atom stereocenters. The highest BCUT2D eigenvalue weighted by Gasteiger charge is 2.21. The van der Waals surface area contributed by atoms with Crippen LogP contribution in [-0.2, 0) is 17.7 Å². The van der Waals surface area contributed by atoms with Crippen LogP contribution in [0.4, 0.5) is 4.79 Å². The lowest BCUT2D eigenvalue weighted by molar-refractivity contribution is 0.0207. The molecular weight excluding hydrogens is 602 g/mol. The monoisotopic (exact) mass is 645 g/mol. The van der Waals surface area contributed by atoms with Crippen LogP contribution in [0.3, 0.4) is 0 Å². The first-order valence-corrected chi connectivity index (χ1v) is 16.4. The number of carbonyl (C=O) groups excluding carboxylic acids is 3. The van der Waals surface area contributed by atoms with Crippen LogP contribution in [0.5, 0.6) is 5.75 Å². The van der Waals surface area contributed by atoms with Gasteiger partial charge in [-0.2, -0.15) is 0 Å². The summed E-state index contributed by atoms with van der Waals surface area (Å²) in [6.07, 6.45) is 0.971. The van der Waals surface area contributed by atoms with Crippen molar-refractivity contribution in [3.05, 3.63) is 119 Å². The van der Waals surface area contributed by atoms with E-state index >= 15 is 0 Å². The maximum Gasteiger partial charge on any atom is 0.514 e. The molecule has 1 amide bonds. The Labute approximate surface area is 282 Å². The van der Waals surface area contributed by atoms with Gasteiger partial charge in [0.2, 0.25) is 0 Å². The van der Waals surface area contributed by atoms with E-state index in [1.165, 1.54) is 0 Å². The molecular formula is C40H43N3O5. The van der Waals surface area contributed by atoms with E-state index in [0.29, 0.717) is 23.4 Å². The first-order valence-electron chi connectivity index (χ1n) is 16.4. The Morgan fingerprint density at radius 1 is 0.896 bits per heavy atom. The smallest absolute Gasteiger partial charge is 0.428 e. The number of hydrogen-bond acceptors (Lipinski definition) is 6. The van der Waals surface area contributed by atoms with Crippen molar-refractivity contribution in [1.82, 2.24) is 14.9 Å². The van der Waals surface area contributed by atoms with Crippen molar-refractivity contribution in [2.45, 2.75) is 66.5 Å². The second-order valence-corrected chi connectivity index (χ2v) is 13.1. The highest BCUT2D eigenvalue weighted by molar-refractivity contribution is 6.00. The lowest BCUT2D eigenvalue weighted by Crippen LogP contribution is -2.31. The third-order valence-corrected chi connectivity index (χ3v) is 8.01. The molecule has 0 fully saturated rings. The molecule has 8 heteroatoms. The minimum absolute atomic E-state index is 0.00473. The summed E-state index contributed by atoms with van der Waals surface area (Å²) in [6, 6.07) is 28.4. The molecule has 0 aliphatic heterocycles. The van der Waals surface area contributed by atoms with E-state index in [2.05, 4.69) is 28.9 Å². The average Bonchev–Trinajstić information content (AvgIpc) is 3.40. The number of benzene rings is 4. The van der Waals surface area contributed by atoms with E-state index in [9.17, 15) is 14.4 Å². The van der Waals surface area contributed by atoms with Crippen LogP contribution in [0.15, 0.2) is 91.0 Å². The third kappa shape index (κ3) is 8.18. The van der Waals surface area contributed by atoms with Gasteiger partial charge in [0.25, 0.3) is 5.91 Å². The maximum absolute atomic E-state index is 13.3. The first-order chi connectivity index (χ1) is 22.9. The SMILES string of the molecule is CCCc1nc2c(C)cc(C(=O)NCC(C)C(=O)c3ccccc3)cc2n1Cc1ccc(-c2ccccc2OC(=O)OC(C)(C)C)cc1. The quantitative estimate of drug-likeness (QED) is 0.0878. The van der Waals surface area contributed by atoms with Crippen molar-refractivity contribution in [3.63, 3.8) is 0 Å². The number of ketones is 1. The number of hydrogen-bond donors (Lipinski definition) is 1. The Kier molecular flexibility index (Phi) is 10.4. The first kappa shape index (κ1) is 34.1. The number of nitrogens with one attached hydrogen (secondary N) is 1. The molecule has 248 valence electrons. The Hall–Kier alpha value is -5.24. The van der Waals surface area contributed by atoms with Crippen LogP contribution in [0.1, 0.15) is 78.7 Å². The number of ether oxygens (including phenoxy) is 2. The second-order valence-electron chi connectivity index (χ2n) is 13.1. The van der Waals surface area contributed by atoms with Gasteiger partial charge in [-0.15, -0.1) is 0 Å². The van der Waals surface area contributed by atoms with E-state index in [1.54, 1.807) is 39.0 Å². The molecule has 0 bridgehead atoms. The maximum atomic E-state index is 13.3. The molecule has 1 aromatic heterocycles. The minimum Gasteiger partial charge on any atom is -0.428 e. The molecule has 0 radical (unpaired) electrons. The van der Waals surface area contributed by atoms with Crippen molar-refractivity contribution < 1.29 is 23.9 Å². The number of nitrogens with zero attached hydrogens (tertiary/aromatic N) is 2. The third-order valence-electron chi connectivity index (χ3n) is 8.01. The predicted molar refractivity (Wildman–Crippen MR) is 189 cm³/mol. The number of imidazole rings is 1. The van der Waals surface area contributed by atoms with Gasteiger partial charge in [0.05, 0.1) is 11.0 Å². The van der Waals surface area contributed by atoms with Gasteiger partial charge in [-0.3, -0.25) is 9.59 Å². The topological polar surface area (TPSA) is 99.5 Å². The summed E-state index contributed by atoms with van der Waals surface area (Å²) >= 11 is 0. The van der Waals surface area contributed by atoms with Gasteiger partial charge in [0.15, 0.2) is 5.78 Å². The molecule has 5 aromatic rings. The van der Waals surface area contributed by atoms with E-state index in [4.69, 9.17) is 14.5 Å². The number of rotatable bonds is 11. The summed E-state index contributed by atoms with van der Waals surface area (Å²) in [6.45, 7) is 12.1. The predicted octanol–water partition coefficient (Wildman–Crippen LogP) is 8.58. The average molecular weight is 646 g/mol. The van der Waals surface area contributed by atoms with Crippen LogP contribution in [-0.4, -0.2) is 39.5 Å². The van der Waals surface area contributed by atoms with Gasteiger partial charge in [-0.05, 0) is 69.0 Å². The molecule has 0 aliphatic carbocycles. The van der Waals surface area contributed by atoms with Crippen molar-refractivity contribution in [1.29, 1.82) is 0 Å². The second kappa shape index (κ2) is 14.7. The number of aromatic nitrogens is 2. The molecule has 1 heterocycles. The number of amides is 1. The van der Waals surface area contributed by atoms with Gasteiger partial charge in [0, 0.05) is 42.1 Å². The van der Waals surface area contributed by atoms with Crippen molar-refractivity contribution >= 4 is 28.9 Å². The largest absolute Gasteiger partial charge is 0.514 e. The number of fused-ring (bicyclic) bond motifs is 1. The fourth-order valence-electron chi connectivity index (χ4n) is 5.62. The molecule has 1 atom stereocenters. The fourth-order valence-corrected chi connectivity index (χ4v) is 5.62. The minimum atomic E-state index is -0.750. The zero-order valence-corrected chi connectivity index (χ0v) is 28.5. The zero-order valence-electron chi connectivity index (χ0n) is 28.5. The van der Waals surface area contributed by atoms with E-state index in [0.717, 1.165) is 52.0 Å². The van der Waals surface area contributed by atoms with Gasteiger partial charge >= 0.3 is 6.16 Å². The van der Waals surface area contributed by atoms with Gasteiger partial charge < -0.3 is 19.4 Å². The Morgan fingerprint density at radius 2 is 1.58 bits per heavy atom. The molecule has 0 aliphatic rings. The standard InChI is InChI=1S/C40H43N3O5/c1-7-13-35-42-36-26(2)22-31(38(45)41-24-27(3)37(44)30-14-9-8-10-15-30)23-33(36)43(35)25-28-18-20-29(21-19-28)32-16-11-12-17-34(32)47-39(46)48-40(4,5)6/h8-12,14-23,27H,7,13,24-25H2,1-6H3,(H,41,45). The molecule has 0 saturated heterocycles. The Bertz CT molecular complexity index is 1920. The Balaban J connectivity index is 1.37. The molecule has 0 spiro atoms. The van der Waals surface area contributed by atoms with Crippen molar-refractivity contribution in [3.8, 4) is 16.9 Å². The fraction of sp³-hybridized carbons (Fsp3) is 0.300. The van der Waals surface area contributed by atoms with Crippen LogP contribution in [0.25, 0.3) is 22.2 Å². The summed E-state index contributed by atoms with van der Waals surface area (Å²) < 4.78 is 13.1. The van der Waals surface area contributed by atoms with Crippen molar-refractivity contribution in [2.24, 2.45) is 5.92 Å². The lowest BCUT2D eigenvalue weighted by Gasteiger charge is -2.19. The van der Waals surface area contributed by atoms with Crippen LogP contribution < -0.4 is 10.1 Å². The summed E-state index contributed by atoms with van der Waals surface area (Å²) in [5.41, 5.74) is 5.91. The van der Waals surface area contributed by atoms with Crippen LogP contribution >= 0.6 is 0 Å². The highest BCUT2D eigenvalue weighted by Crippen LogP contribution is 2.31. The van der Waals surface area contributed by atoms with Gasteiger partial charge in [-0.25, -0.2) is 9.78 Å². The summed E-state index contributed by atoms with van der Waals surface area (Å²) in [5, 5.41) is 2.96. The zero-order chi connectivity index (χ0) is 34.4. The van der Waals surface area contributed by atoms with E-state index < -0.39 is 11.8 Å².